The van der Waals surface area contributed by atoms with Gasteiger partial charge in [0.25, 0.3) is 5.91 Å². The number of hydrogen-bond acceptors (Lipinski definition) is 3. The van der Waals surface area contributed by atoms with E-state index < -0.39 is 0 Å². The molecule has 1 N–H and O–H groups in total. The summed E-state index contributed by atoms with van der Waals surface area (Å²) >= 11 is 7.56. The molecule has 0 aromatic heterocycles. The van der Waals surface area contributed by atoms with Gasteiger partial charge in [-0.05, 0) is 54.4 Å². The molecular weight excluding hydrogens is 423 g/mol. The quantitative estimate of drug-likeness (QED) is 0.556. The summed E-state index contributed by atoms with van der Waals surface area (Å²) in [6, 6.07) is 18.9. The van der Waals surface area contributed by atoms with E-state index in [1.54, 1.807) is 60.4 Å². The maximum atomic E-state index is 14.0. The molecule has 0 saturated carbocycles. The summed E-state index contributed by atoms with van der Waals surface area (Å²) in [6.45, 7) is 1.69. The Kier molecular flexibility index (Phi) is 5.79. The first-order valence-electron chi connectivity index (χ1n) is 9.29. The Labute approximate surface area is 183 Å². The molecule has 7 heteroatoms. The van der Waals surface area contributed by atoms with Crippen LogP contribution in [0, 0.1) is 12.7 Å². The maximum Gasteiger partial charge on any atom is 0.257 e. The van der Waals surface area contributed by atoms with E-state index in [9.17, 15) is 14.0 Å². The molecule has 0 bridgehead atoms. The number of carbonyl (C=O) groups excluding carboxylic acids is 2. The van der Waals surface area contributed by atoms with Gasteiger partial charge in [-0.25, -0.2) is 4.39 Å². The van der Waals surface area contributed by atoms with Crippen molar-refractivity contribution in [2.24, 2.45) is 0 Å². The van der Waals surface area contributed by atoms with Crippen LogP contribution in [-0.2, 0) is 4.79 Å². The van der Waals surface area contributed by atoms with E-state index in [0.717, 1.165) is 5.56 Å². The SMILES string of the molecule is Cc1ccc(N2C(=O)CS[C@H]2c2ccc(NC(=O)c3ccccc3Cl)cc2)cc1F. The van der Waals surface area contributed by atoms with Crippen molar-refractivity contribution in [3.8, 4) is 0 Å². The average Bonchev–Trinajstić information content (AvgIpc) is 3.12. The molecule has 3 aromatic carbocycles. The Morgan fingerprint density at radius 2 is 1.87 bits per heavy atom. The highest BCUT2D eigenvalue weighted by molar-refractivity contribution is 8.00. The van der Waals surface area contributed by atoms with Gasteiger partial charge in [0, 0.05) is 11.4 Å². The van der Waals surface area contributed by atoms with Crippen LogP contribution in [0.4, 0.5) is 15.8 Å². The molecule has 4 rings (SSSR count). The highest BCUT2D eigenvalue weighted by atomic mass is 35.5. The number of benzene rings is 3. The second-order valence-electron chi connectivity index (χ2n) is 6.92. The third-order valence-corrected chi connectivity index (χ3v) is 6.42. The molecule has 152 valence electrons. The Morgan fingerprint density at radius 1 is 1.13 bits per heavy atom. The van der Waals surface area contributed by atoms with Crippen LogP contribution in [0.1, 0.15) is 26.9 Å². The summed E-state index contributed by atoms with van der Waals surface area (Å²) in [5.41, 5.74) is 2.98. The van der Waals surface area contributed by atoms with Gasteiger partial charge in [-0.3, -0.25) is 14.5 Å². The summed E-state index contributed by atoms with van der Waals surface area (Å²) < 4.78 is 14.0. The van der Waals surface area contributed by atoms with E-state index in [0.29, 0.717) is 33.3 Å². The maximum absolute atomic E-state index is 14.0. The van der Waals surface area contributed by atoms with E-state index >= 15 is 0 Å². The van der Waals surface area contributed by atoms with Gasteiger partial charge >= 0.3 is 0 Å². The Hall–Kier alpha value is -2.83. The van der Waals surface area contributed by atoms with Crippen LogP contribution in [0.15, 0.2) is 66.7 Å². The van der Waals surface area contributed by atoms with Gasteiger partial charge in [0.1, 0.15) is 11.2 Å². The summed E-state index contributed by atoms with van der Waals surface area (Å²) in [6.07, 6.45) is 0. The number of halogens is 2. The van der Waals surface area contributed by atoms with Crippen LogP contribution < -0.4 is 10.2 Å². The van der Waals surface area contributed by atoms with Crippen molar-refractivity contribution >= 4 is 46.6 Å². The number of aryl methyl sites for hydroxylation is 1. The van der Waals surface area contributed by atoms with Gasteiger partial charge in [0.05, 0.1) is 16.3 Å². The predicted octanol–water partition coefficient (Wildman–Crippen LogP) is 5.82. The van der Waals surface area contributed by atoms with Crippen LogP contribution in [-0.4, -0.2) is 17.6 Å². The zero-order chi connectivity index (χ0) is 21.3. The molecule has 1 saturated heterocycles. The van der Waals surface area contributed by atoms with E-state index in [4.69, 9.17) is 11.6 Å². The minimum absolute atomic E-state index is 0.0654. The predicted molar refractivity (Wildman–Crippen MR) is 120 cm³/mol. The van der Waals surface area contributed by atoms with Gasteiger partial charge < -0.3 is 5.32 Å². The lowest BCUT2D eigenvalue weighted by molar-refractivity contribution is -0.115. The van der Waals surface area contributed by atoms with Crippen LogP contribution in [0.5, 0.6) is 0 Å². The molecule has 0 radical (unpaired) electrons. The van der Waals surface area contributed by atoms with Crippen molar-refractivity contribution in [1.29, 1.82) is 0 Å². The van der Waals surface area contributed by atoms with Crippen molar-refractivity contribution in [2.45, 2.75) is 12.3 Å². The molecular formula is C23H18ClFN2O2S. The van der Waals surface area contributed by atoms with Crippen molar-refractivity contribution in [1.82, 2.24) is 0 Å². The number of anilines is 2. The van der Waals surface area contributed by atoms with Gasteiger partial charge in [-0.15, -0.1) is 11.8 Å². The molecule has 1 aliphatic heterocycles. The lowest BCUT2D eigenvalue weighted by atomic mass is 10.1. The molecule has 1 fully saturated rings. The standard InChI is InChI=1S/C23H18ClFN2O2S/c1-14-6-11-17(12-20(14)25)27-21(28)13-30-23(27)15-7-9-16(10-8-15)26-22(29)18-4-2-3-5-19(18)24/h2-12,23H,13H2,1H3,(H,26,29)/t23-/m0/s1. The van der Waals surface area contributed by atoms with Crippen molar-refractivity contribution < 1.29 is 14.0 Å². The molecule has 30 heavy (non-hydrogen) atoms. The van der Waals surface area contributed by atoms with Crippen LogP contribution in [0.3, 0.4) is 0 Å². The molecule has 0 spiro atoms. The van der Waals surface area contributed by atoms with E-state index in [1.165, 1.54) is 17.8 Å². The molecule has 0 unspecified atom stereocenters. The number of nitrogens with zero attached hydrogens (tertiary/aromatic N) is 1. The normalized spacial score (nSPS) is 16.0. The average molecular weight is 441 g/mol. The molecule has 1 aliphatic rings. The number of amides is 2. The van der Waals surface area contributed by atoms with Crippen molar-refractivity contribution in [3.05, 3.63) is 94.3 Å². The first-order chi connectivity index (χ1) is 14.4. The fourth-order valence-corrected chi connectivity index (χ4v) is 4.66. The van der Waals surface area contributed by atoms with Gasteiger partial charge in [-0.2, -0.15) is 0 Å². The largest absolute Gasteiger partial charge is 0.322 e. The summed E-state index contributed by atoms with van der Waals surface area (Å²) in [7, 11) is 0. The van der Waals surface area contributed by atoms with Crippen molar-refractivity contribution in [3.63, 3.8) is 0 Å². The third kappa shape index (κ3) is 4.06. The highest BCUT2D eigenvalue weighted by Crippen LogP contribution is 2.42. The summed E-state index contributed by atoms with van der Waals surface area (Å²) in [5, 5.41) is 2.95. The minimum atomic E-state index is -0.339. The van der Waals surface area contributed by atoms with Gasteiger partial charge in [0.2, 0.25) is 5.91 Å². The molecule has 0 aliphatic carbocycles. The van der Waals surface area contributed by atoms with E-state index in [2.05, 4.69) is 5.32 Å². The van der Waals surface area contributed by atoms with Gasteiger partial charge in [0.15, 0.2) is 0 Å². The smallest absolute Gasteiger partial charge is 0.257 e. The second-order valence-corrected chi connectivity index (χ2v) is 8.39. The molecule has 1 heterocycles. The first kappa shape index (κ1) is 20.4. The number of nitrogens with one attached hydrogen (secondary N) is 1. The highest BCUT2D eigenvalue weighted by Gasteiger charge is 2.34. The Morgan fingerprint density at radius 3 is 2.57 bits per heavy atom. The summed E-state index contributed by atoms with van der Waals surface area (Å²) in [4.78, 5) is 26.5. The number of thioether (sulfide) groups is 1. The van der Waals surface area contributed by atoms with E-state index in [-0.39, 0.29) is 23.0 Å². The number of rotatable bonds is 4. The Bertz CT molecular complexity index is 1120. The number of carbonyl (C=O) groups is 2. The van der Waals surface area contributed by atoms with Crippen LogP contribution >= 0.6 is 23.4 Å². The molecule has 4 nitrogen and oxygen atoms in total. The van der Waals surface area contributed by atoms with E-state index in [1.807, 2.05) is 12.1 Å². The monoisotopic (exact) mass is 440 g/mol. The third-order valence-electron chi connectivity index (χ3n) is 4.87. The van der Waals surface area contributed by atoms with Crippen molar-refractivity contribution in [2.75, 3.05) is 16.0 Å². The number of hydrogen-bond donors (Lipinski definition) is 1. The van der Waals surface area contributed by atoms with Crippen LogP contribution in [0.25, 0.3) is 0 Å². The van der Waals surface area contributed by atoms with Gasteiger partial charge in [-0.1, -0.05) is 41.9 Å². The fourth-order valence-electron chi connectivity index (χ4n) is 3.26. The molecule has 3 aromatic rings. The zero-order valence-corrected chi connectivity index (χ0v) is 17.6. The van der Waals surface area contributed by atoms with Crippen LogP contribution in [0.2, 0.25) is 5.02 Å². The molecule has 2 amide bonds. The Balaban J connectivity index is 1.54. The fraction of sp³-hybridized carbons (Fsp3) is 0.130. The first-order valence-corrected chi connectivity index (χ1v) is 10.7. The summed E-state index contributed by atoms with van der Waals surface area (Å²) in [5.74, 6) is -0.376. The lowest BCUT2D eigenvalue weighted by Gasteiger charge is -2.25. The zero-order valence-electron chi connectivity index (χ0n) is 16.1. The molecule has 1 atom stereocenters. The minimum Gasteiger partial charge on any atom is -0.322 e. The second kappa shape index (κ2) is 8.50. The topological polar surface area (TPSA) is 49.4 Å². The lowest BCUT2D eigenvalue weighted by Crippen LogP contribution is -2.28.